The van der Waals surface area contributed by atoms with E-state index in [9.17, 15) is 18.0 Å². The van der Waals surface area contributed by atoms with Crippen molar-refractivity contribution in [2.24, 2.45) is 0 Å². The van der Waals surface area contributed by atoms with Crippen LogP contribution in [-0.4, -0.2) is 20.4 Å². The number of carbonyl (C=O) groups is 1. The highest BCUT2D eigenvalue weighted by Crippen LogP contribution is 2.19. The van der Waals surface area contributed by atoms with Gasteiger partial charge in [-0.2, -0.15) is 0 Å². The Morgan fingerprint density at radius 1 is 1.06 bits per heavy atom. The lowest BCUT2D eigenvalue weighted by atomic mass is 10.1. The second kappa shape index (κ2) is 9.21. The van der Waals surface area contributed by atoms with Crippen molar-refractivity contribution in [1.29, 1.82) is 0 Å². The van der Waals surface area contributed by atoms with Gasteiger partial charge in [-0.05, 0) is 54.4 Å². The summed E-state index contributed by atoms with van der Waals surface area (Å²) in [6, 6.07) is 13.0. The van der Waals surface area contributed by atoms with E-state index in [1.54, 1.807) is 29.0 Å². The zero-order chi connectivity index (χ0) is 22.7. The van der Waals surface area contributed by atoms with E-state index in [1.807, 2.05) is 13.0 Å². The van der Waals surface area contributed by atoms with Crippen LogP contribution in [0.2, 0.25) is 0 Å². The SMILES string of the molecule is C[C@H](NC(=O)CCc1nc2cccnc2n1Cc1ccc(F)c(F)c1)c1ccc(F)cc1. The van der Waals surface area contributed by atoms with E-state index >= 15 is 0 Å². The van der Waals surface area contributed by atoms with Gasteiger partial charge >= 0.3 is 0 Å². The second-order valence-corrected chi connectivity index (χ2v) is 7.55. The minimum absolute atomic E-state index is 0.173. The highest BCUT2D eigenvalue weighted by Gasteiger charge is 2.16. The molecule has 4 rings (SSSR count). The lowest BCUT2D eigenvalue weighted by Crippen LogP contribution is -2.27. The number of benzene rings is 2. The first kappa shape index (κ1) is 21.5. The molecule has 1 atom stereocenters. The first-order valence-electron chi connectivity index (χ1n) is 10.2. The summed E-state index contributed by atoms with van der Waals surface area (Å²) in [4.78, 5) is 21.4. The summed E-state index contributed by atoms with van der Waals surface area (Å²) in [7, 11) is 0. The molecule has 0 saturated heterocycles. The molecule has 0 saturated carbocycles. The average molecular weight is 438 g/mol. The molecule has 0 fully saturated rings. The van der Waals surface area contributed by atoms with E-state index in [1.165, 1.54) is 18.2 Å². The Balaban J connectivity index is 1.49. The number of hydrogen-bond donors (Lipinski definition) is 1. The van der Waals surface area contributed by atoms with Gasteiger partial charge in [0.15, 0.2) is 17.3 Å². The maximum absolute atomic E-state index is 13.7. The average Bonchev–Trinajstić information content (AvgIpc) is 3.12. The Morgan fingerprint density at radius 2 is 1.84 bits per heavy atom. The van der Waals surface area contributed by atoms with Crippen molar-refractivity contribution in [2.45, 2.75) is 32.4 Å². The third-order valence-corrected chi connectivity index (χ3v) is 5.23. The standard InChI is InChI=1S/C24H21F3N4O/c1-15(17-5-7-18(25)8-6-17)29-23(32)11-10-22-30-21-3-2-12-28-24(21)31(22)14-16-4-9-19(26)20(27)13-16/h2-9,12-13,15H,10-11,14H2,1H3,(H,29,32)/t15-/m0/s1. The van der Waals surface area contributed by atoms with E-state index in [0.29, 0.717) is 29.0 Å². The molecule has 0 radical (unpaired) electrons. The molecule has 2 aromatic carbocycles. The van der Waals surface area contributed by atoms with Crippen molar-refractivity contribution in [3.05, 3.63) is 95.2 Å². The summed E-state index contributed by atoms with van der Waals surface area (Å²) < 4.78 is 41.9. The molecular formula is C24H21F3N4O. The number of halogens is 3. The molecule has 0 aliphatic carbocycles. The fraction of sp³-hybridized carbons (Fsp3) is 0.208. The van der Waals surface area contributed by atoms with Gasteiger partial charge in [-0.3, -0.25) is 4.79 Å². The van der Waals surface area contributed by atoms with Crippen LogP contribution in [0.1, 0.15) is 36.3 Å². The van der Waals surface area contributed by atoms with Gasteiger partial charge in [-0.1, -0.05) is 18.2 Å². The van der Waals surface area contributed by atoms with Crippen LogP contribution in [0.3, 0.4) is 0 Å². The lowest BCUT2D eigenvalue weighted by Gasteiger charge is -2.14. The Labute approximate surface area is 182 Å². The van der Waals surface area contributed by atoms with Crippen LogP contribution < -0.4 is 5.32 Å². The number of imidazole rings is 1. The highest BCUT2D eigenvalue weighted by molar-refractivity contribution is 5.77. The number of nitrogens with zero attached hydrogens (tertiary/aromatic N) is 3. The monoisotopic (exact) mass is 438 g/mol. The number of fused-ring (bicyclic) bond motifs is 1. The largest absolute Gasteiger partial charge is 0.350 e. The van der Waals surface area contributed by atoms with Crippen LogP contribution in [-0.2, 0) is 17.8 Å². The molecule has 5 nitrogen and oxygen atoms in total. The number of hydrogen-bond acceptors (Lipinski definition) is 3. The highest BCUT2D eigenvalue weighted by atomic mass is 19.2. The van der Waals surface area contributed by atoms with Crippen molar-refractivity contribution in [1.82, 2.24) is 19.9 Å². The fourth-order valence-corrected chi connectivity index (χ4v) is 3.56. The smallest absolute Gasteiger partial charge is 0.220 e. The van der Waals surface area contributed by atoms with Crippen LogP contribution in [0.15, 0.2) is 60.8 Å². The van der Waals surface area contributed by atoms with E-state index in [4.69, 9.17) is 0 Å². The van der Waals surface area contributed by atoms with Crippen LogP contribution in [0, 0.1) is 17.5 Å². The molecule has 2 aromatic heterocycles. The molecule has 0 aliphatic rings. The summed E-state index contributed by atoms with van der Waals surface area (Å²) >= 11 is 0. The number of aryl methyl sites for hydroxylation is 1. The topological polar surface area (TPSA) is 59.8 Å². The Hall–Kier alpha value is -3.68. The molecule has 8 heteroatoms. The molecule has 0 bridgehead atoms. The summed E-state index contributed by atoms with van der Waals surface area (Å²) in [5, 5.41) is 2.90. The van der Waals surface area contributed by atoms with Gasteiger partial charge in [-0.25, -0.2) is 23.1 Å². The summed E-state index contributed by atoms with van der Waals surface area (Å²) in [5.41, 5.74) is 2.62. The van der Waals surface area contributed by atoms with Crippen LogP contribution in [0.5, 0.6) is 0 Å². The molecule has 0 unspecified atom stereocenters. The predicted molar refractivity (Wildman–Crippen MR) is 114 cm³/mol. The second-order valence-electron chi connectivity index (χ2n) is 7.55. The summed E-state index contributed by atoms with van der Waals surface area (Å²) in [6.45, 7) is 2.07. The van der Waals surface area contributed by atoms with Gasteiger partial charge in [0.05, 0.1) is 12.6 Å². The molecule has 32 heavy (non-hydrogen) atoms. The molecular weight excluding hydrogens is 417 g/mol. The number of amides is 1. The summed E-state index contributed by atoms with van der Waals surface area (Å²) in [5.74, 6) is -1.72. The molecule has 1 amide bonds. The molecule has 1 N–H and O–H groups in total. The van der Waals surface area contributed by atoms with Gasteiger partial charge in [0.25, 0.3) is 0 Å². The Morgan fingerprint density at radius 3 is 2.59 bits per heavy atom. The number of aromatic nitrogens is 3. The minimum atomic E-state index is -0.921. The van der Waals surface area contributed by atoms with Gasteiger partial charge in [0.1, 0.15) is 17.2 Å². The van der Waals surface area contributed by atoms with Gasteiger partial charge in [0.2, 0.25) is 5.91 Å². The first-order chi connectivity index (χ1) is 15.4. The minimum Gasteiger partial charge on any atom is -0.350 e. The molecule has 0 spiro atoms. The van der Waals surface area contributed by atoms with Crippen molar-refractivity contribution in [2.75, 3.05) is 0 Å². The Bertz CT molecular complexity index is 1250. The number of nitrogens with one attached hydrogen (secondary N) is 1. The van der Waals surface area contributed by atoms with Crippen molar-refractivity contribution >= 4 is 17.1 Å². The maximum atomic E-state index is 13.7. The van der Waals surface area contributed by atoms with Gasteiger partial charge in [-0.15, -0.1) is 0 Å². The molecule has 4 aromatic rings. The van der Waals surface area contributed by atoms with E-state index in [2.05, 4.69) is 15.3 Å². The zero-order valence-corrected chi connectivity index (χ0v) is 17.4. The summed E-state index contributed by atoms with van der Waals surface area (Å²) in [6.07, 6.45) is 2.14. The maximum Gasteiger partial charge on any atom is 0.220 e. The number of pyridine rings is 1. The van der Waals surface area contributed by atoms with E-state index in [-0.39, 0.29) is 30.7 Å². The third kappa shape index (κ3) is 4.80. The normalized spacial score (nSPS) is 12.1. The van der Waals surface area contributed by atoms with Crippen molar-refractivity contribution < 1.29 is 18.0 Å². The zero-order valence-electron chi connectivity index (χ0n) is 17.4. The Kier molecular flexibility index (Phi) is 6.20. The first-order valence-corrected chi connectivity index (χ1v) is 10.2. The van der Waals surface area contributed by atoms with Crippen LogP contribution in [0.25, 0.3) is 11.2 Å². The lowest BCUT2D eigenvalue weighted by molar-refractivity contribution is -0.121. The predicted octanol–water partition coefficient (Wildman–Crippen LogP) is 4.71. The fourth-order valence-electron chi connectivity index (χ4n) is 3.56. The van der Waals surface area contributed by atoms with Crippen molar-refractivity contribution in [3.63, 3.8) is 0 Å². The van der Waals surface area contributed by atoms with Crippen molar-refractivity contribution in [3.8, 4) is 0 Å². The van der Waals surface area contributed by atoms with Gasteiger partial charge < -0.3 is 9.88 Å². The molecule has 2 heterocycles. The van der Waals surface area contributed by atoms with Crippen LogP contribution >= 0.6 is 0 Å². The molecule has 0 aliphatic heterocycles. The quantitative estimate of drug-likeness (QED) is 0.455. The van der Waals surface area contributed by atoms with Gasteiger partial charge in [0, 0.05) is 19.0 Å². The van der Waals surface area contributed by atoms with E-state index < -0.39 is 11.6 Å². The van der Waals surface area contributed by atoms with Crippen LogP contribution in [0.4, 0.5) is 13.2 Å². The third-order valence-electron chi connectivity index (χ3n) is 5.23. The van der Waals surface area contributed by atoms with E-state index in [0.717, 1.165) is 17.7 Å². The number of rotatable bonds is 7. The number of carbonyl (C=O) groups excluding carboxylic acids is 1. The molecule has 164 valence electrons.